The molecular weight excluding hydrogens is 244 g/mol. The van der Waals surface area contributed by atoms with Gasteiger partial charge in [-0.3, -0.25) is 0 Å². The monoisotopic (exact) mass is 270 g/mol. The van der Waals surface area contributed by atoms with Crippen molar-refractivity contribution in [2.24, 2.45) is 11.8 Å². The number of hydrogen-bond acceptors (Lipinski definition) is 2. The lowest BCUT2D eigenvalue weighted by molar-refractivity contribution is 0.257. The summed E-state index contributed by atoms with van der Waals surface area (Å²) in [5, 5.41) is 2.17. The minimum atomic E-state index is -1.46. The van der Waals surface area contributed by atoms with Gasteiger partial charge >= 0.3 is 0 Å². The summed E-state index contributed by atoms with van der Waals surface area (Å²) < 4.78 is 6.12. The van der Waals surface area contributed by atoms with Gasteiger partial charge in [0.05, 0.1) is 0 Å². The molecular formula is C14H26OSSi. The van der Waals surface area contributed by atoms with E-state index in [0.29, 0.717) is 5.92 Å². The summed E-state index contributed by atoms with van der Waals surface area (Å²) in [5.74, 6) is 1.39. The molecule has 1 heterocycles. The van der Waals surface area contributed by atoms with Gasteiger partial charge in [0.15, 0.2) is 8.32 Å². The predicted molar refractivity (Wildman–Crippen MR) is 80.3 cm³/mol. The Labute approximate surface area is 111 Å². The van der Waals surface area contributed by atoms with E-state index in [1.54, 1.807) is 0 Å². The van der Waals surface area contributed by atoms with Gasteiger partial charge in [-0.25, -0.2) is 0 Å². The van der Waals surface area contributed by atoms with Crippen LogP contribution in [0.3, 0.4) is 0 Å². The zero-order valence-corrected chi connectivity index (χ0v) is 13.6. The summed E-state index contributed by atoms with van der Waals surface area (Å²) in [6.45, 7) is 12.4. The molecule has 1 nitrogen and oxygen atoms in total. The van der Waals surface area contributed by atoms with Crippen molar-refractivity contribution in [1.82, 2.24) is 0 Å². The highest BCUT2D eigenvalue weighted by atomic mass is 32.1. The molecule has 17 heavy (non-hydrogen) atoms. The van der Waals surface area contributed by atoms with Crippen LogP contribution in [0.1, 0.15) is 25.6 Å². The van der Waals surface area contributed by atoms with Crippen LogP contribution in [0.5, 0.6) is 0 Å². The van der Waals surface area contributed by atoms with Crippen molar-refractivity contribution >= 4 is 19.7 Å². The molecule has 0 aliphatic heterocycles. The number of rotatable bonds is 7. The second-order valence-corrected chi connectivity index (χ2v) is 11.3. The van der Waals surface area contributed by atoms with Crippen molar-refractivity contribution in [2.45, 2.75) is 46.3 Å². The highest BCUT2D eigenvalue weighted by Crippen LogP contribution is 2.23. The van der Waals surface area contributed by atoms with Crippen LogP contribution in [0.4, 0.5) is 0 Å². The van der Waals surface area contributed by atoms with Crippen molar-refractivity contribution in [3.63, 3.8) is 0 Å². The van der Waals surface area contributed by atoms with Gasteiger partial charge in [-0.1, -0.05) is 26.8 Å². The molecule has 0 saturated heterocycles. The van der Waals surface area contributed by atoms with E-state index in [-0.39, 0.29) is 0 Å². The quantitative estimate of drug-likeness (QED) is 0.646. The molecule has 0 spiro atoms. The van der Waals surface area contributed by atoms with E-state index in [2.05, 4.69) is 51.4 Å². The third-order valence-corrected chi connectivity index (χ3v) is 6.30. The second-order valence-electron chi connectivity index (χ2n) is 6.06. The Morgan fingerprint density at radius 3 is 2.53 bits per heavy atom. The molecule has 1 rings (SSSR count). The fourth-order valence-electron chi connectivity index (χ4n) is 2.13. The van der Waals surface area contributed by atoms with Crippen LogP contribution in [0.15, 0.2) is 17.5 Å². The number of hydrogen-bond donors (Lipinski definition) is 0. The second kappa shape index (κ2) is 6.71. The van der Waals surface area contributed by atoms with Crippen LogP contribution in [0, 0.1) is 11.8 Å². The minimum Gasteiger partial charge on any atom is -0.417 e. The van der Waals surface area contributed by atoms with E-state index < -0.39 is 8.32 Å². The van der Waals surface area contributed by atoms with Gasteiger partial charge in [0, 0.05) is 11.5 Å². The van der Waals surface area contributed by atoms with Crippen LogP contribution in [-0.4, -0.2) is 14.9 Å². The molecule has 0 aliphatic carbocycles. The van der Waals surface area contributed by atoms with E-state index in [4.69, 9.17) is 4.43 Å². The van der Waals surface area contributed by atoms with E-state index >= 15 is 0 Å². The van der Waals surface area contributed by atoms with Crippen LogP contribution in [-0.2, 0) is 10.8 Å². The standard InChI is InChI=1S/C14H26OSSi/c1-12(2)10-15-17(4,5)11-13(3)9-14-7-6-8-16-14/h6-8,12-13H,9-11H2,1-5H3. The Bertz CT molecular complexity index is 306. The molecule has 1 atom stereocenters. The van der Waals surface area contributed by atoms with Gasteiger partial charge in [0.1, 0.15) is 0 Å². The molecule has 1 unspecified atom stereocenters. The van der Waals surface area contributed by atoms with Crippen LogP contribution in [0.2, 0.25) is 19.1 Å². The Morgan fingerprint density at radius 2 is 2.00 bits per heavy atom. The summed E-state index contributed by atoms with van der Waals surface area (Å²) in [7, 11) is -1.46. The average Bonchev–Trinajstić information content (AvgIpc) is 2.66. The largest absolute Gasteiger partial charge is 0.417 e. The Balaban J connectivity index is 2.35. The maximum absolute atomic E-state index is 6.12. The summed E-state index contributed by atoms with van der Waals surface area (Å²) in [6, 6.07) is 5.65. The first kappa shape index (κ1) is 14.9. The normalized spacial score (nSPS) is 14.2. The highest BCUT2D eigenvalue weighted by molar-refractivity contribution is 7.09. The summed E-state index contributed by atoms with van der Waals surface area (Å²) in [4.78, 5) is 1.51. The van der Waals surface area contributed by atoms with Crippen LogP contribution in [0.25, 0.3) is 0 Å². The van der Waals surface area contributed by atoms with Gasteiger partial charge < -0.3 is 4.43 Å². The first-order valence-corrected chi connectivity index (χ1v) is 10.5. The molecule has 0 aromatic carbocycles. The molecule has 3 heteroatoms. The first-order valence-electron chi connectivity index (χ1n) is 6.55. The Kier molecular flexibility index (Phi) is 5.90. The molecule has 1 aromatic rings. The topological polar surface area (TPSA) is 9.23 Å². The minimum absolute atomic E-state index is 0.648. The lowest BCUT2D eigenvalue weighted by atomic mass is 10.1. The fourth-order valence-corrected chi connectivity index (χ4v) is 5.73. The van der Waals surface area contributed by atoms with Crippen molar-refractivity contribution < 1.29 is 4.43 Å². The Morgan fingerprint density at radius 1 is 1.29 bits per heavy atom. The molecule has 0 bridgehead atoms. The lowest BCUT2D eigenvalue weighted by Crippen LogP contribution is -2.34. The summed E-state index contributed by atoms with van der Waals surface area (Å²) in [6.07, 6.45) is 1.21. The smallest absolute Gasteiger partial charge is 0.187 e. The van der Waals surface area contributed by atoms with E-state index in [1.807, 2.05) is 11.3 Å². The zero-order valence-electron chi connectivity index (χ0n) is 11.8. The van der Waals surface area contributed by atoms with E-state index in [1.165, 1.54) is 17.3 Å². The average molecular weight is 271 g/mol. The first-order chi connectivity index (χ1) is 7.89. The van der Waals surface area contributed by atoms with Gasteiger partial charge in [-0.05, 0) is 48.8 Å². The summed E-state index contributed by atoms with van der Waals surface area (Å²) >= 11 is 1.87. The third-order valence-electron chi connectivity index (χ3n) is 2.78. The molecule has 0 N–H and O–H groups in total. The molecule has 0 aliphatic rings. The molecule has 98 valence electrons. The summed E-state index contributed by atoms with van der Waals surface area (Å²) in [5.41, 5.74) is 0. The molecule has 0 fully saturated rings. The maximum Gasteiger partial charge on any atom is 0.187 e. The van der Waals surface area contributed by atoms with Gasteiger partial charge in [0.2, 0.25) is 0 Å². The SMILES string of the molecule is CC(C)CO[Si](C)(C)CC(C)Cc1cccs1. The van der Waals surface area contributed by atoms with Crippen molar-refractivity contribution in [2.75, 3.05) is 6.61 Å². The van der Waals surface area contributed by atoms with E-state index in [0.717, 1.165) is 12.5 Å². The third kappa shape index (κ3) is 6.39. The number of thiophene rings is 1. The van der Waals surface area contributed by atoms with Gasteiger partial charge in [-0.15, -0.1) is 11.3 Å². The molecule has 0 amide bonds. The zero-order chi connectivity index (χ0) is 12.9. The predicted octanol–water partition coefficient (Wildman–Crippen LogP) is 4.80. The van der Waals surface area contributed by atoms with E-state index in [9.17, 15) is 0 Å². The lowest BCUT2D eigenvalue weighted by Gasteiger charge is -2.27. The van der Waals surface area contributed by atoms with Crippen LogP contribution < -0.4 is 0 Å². The molecule has 0 radical (unpaired) electrons. The van der Waals surface area contributed by atoms with Gasteiger partial charge in [0.25, 0.3) is 0 Å². The van der Waals surface area contributed by atoms with Crippen molar-refractivity contribution in [1.29, 1.82) is 0 Å². The van der Waals surface area contributed by atoms with Gasteiger partial charge in [-0.2, -0.15) is 0 Å². The Hall–Kier alpha value is -0.123. The van der Waals surface area contributed by atoms with Crippen molar-refractivity contribution in [3.8, 4) is 0 Å². The van der Waals surface area contributed by atoms with Crippen molar-refractivity contribution in [3.05, 3.63) is 22.4 Å². The molecule has 1 aromatic heterocycles. The molecule has 0 saturated carbocycles. The highest BCUT2D eigenvalue weighted by Gasteiger charge is 2.25. The van der Waals surface area contributed by atoms with Crippen LogP contribution >= 0.6 is 11.3 Å². The fraction of sp³-hybridized carbons (Fsp3) is 0.714. The maximum atomic E-state index is 6.12.